The summed E-state index contributed by atoms with van der Waals surface area (Å²) < 4.78 is 0. The van der Waals surface area contributed by atoms with E-state index in [4.69, 9.17) is 5.73 Å². The standard InChI is InChI=1S/C9H19N3O2/c1-4-11-8(13)5-12-9(14)6(2)7(3)10/h6-7H,4-5,10H2,1-3H3,(H,11,13)(H,12,14). The molecule has 0 bridgehead atoms. The Morgan fingerprint density at radius 1 is 1.29 bits per heavy atom. The van der Waals surface area contributed by atoms with Crippen LogP contribution >= 0.6 is 0 Å². The summed E-state index contributed by atoms with van der Waals surface area (Å²) in [4.78, 5) is 22.3. The van der Waals surface area contributed by atoms with Crippen LogP contribution in [0.15, 0.2) is 0 Å². The van der Waals surface area contributed by atoms with Gasteiger partial charge >= 0.3 is 0 Å². The summed E-state index contributed by atoms with van der Waals surface area (Å²) in [6.07, 6.45) is 0. The Balaban J connectivity index is 3.79. The number of rotatable bonds is 5. The molecule has 0 aromatic carbocycles. The second-order valence-electron chi connectivity index (χ2n) is 3.32. The third-order valence-electron chi connectivity index (χ3n) is 2.00. The van der Waals surface area contributed by atoms with Crippen LogP contribution in [0.25, 0.3) is 0 Å². The number of nitrogens with one attached hydrogen (secondary N) is 2. The summed E-state index contributed by atoms with van der Waals surface area (Å²) in [6.45, 7) is 5.90. The Morgan fingerprint density at radius 3 is 2.29 bits per heavy atom. The van der Waals surface area contributed by atoms with Crippen LogP contribution in [0.5, 0.6) is 0 Å². The van der Waals surface area contributed by atoms with Crippen molar-refractivity contribution in [3.8, 4) is 0 Å². The van der Waals surface area contributed by atoms with Gasteiger partial charge in [-0.2, -0.15) is 0 Å². The van der Waals surface area contributed by atoms with Crippen LogP contribution in [0.1, 0.15) is 20.8 Å². The van der Waals surface area contributed by atoms with Crippen molar-refractivity contribution in [2.75, 3.05) is 13.1 Å². The van der Waals surface area contributed by atoms with Gasteiger partial charge in [0.25, 0.3) is 0 Å². The molecule has 0 aliphatic heterocycles. The molecule has 2 unspecified atom stereocenters. The predicted octanol–water partition coefficient (Wildman–Crippen LogP) is -0.778. The summed E-state index contributed by atoms with van der Waals surface area (Å²) >= 11 is 0. The van der Waals surface area contributed by atoms with E-state index in [1.807, 2.05) is 6.92 Å². The molecule has 0 aliphatic rings. The molecule has 5 nitrogen and oxygen atoms in total. The lowest BCUT2D eigenvalue weighted by molar-refractivity contribution is -0.128. The van der Waals surface area contributed by atoms with Crippen molar-refractivity contribution < 1.29 is 9.59 Å². The highest BCUT2D eigenvalue weighted by atomic mass is 16.2. The molecule has 0 fully saturated rings. The lowest BCUT2D eigenvalue weighted by Gasteiger charge is -2.14. The molecule has 0 spiro atoms. The Labute approximate surface area is 84.4 Å². The van der Waals surface area contributed by atoms with Gasteiger partial charge in [0, 0.05) is 18.5 Å². The highest BCUT2D eigenvalue weighted by molar-refractivity contribution is 5.85. The molecule has 0 aliphatic carbocycles. The van der Waals surface area contributed by atoms with Gasteiger partial charge in [-0.25, -0.2) is 0 Å². The third-order valence-corrected chi connectivity index (χ3v) is 2.00. The molecule has 0 rings (SSSR count). The average Bonchev–Trinajstić information content (AvgIpc) is 2.13. The van der Waals surface area contributed by atoms with Gasteiger partial charge in [-0.3, -0.25) is 9.59 Å². The lowest BCUT2D eigenvalue weighted by atomic mass is 10.0. The molecule has 82 valence electrons. The van der Waals surface area contributed by atoms with E-state index in [0.717, 1.165) is 0 Å². The molecule has 14 heavy (non-hydrogen) atoms. The van der Waals surface area contributed by atoms with E-state index in [9.17, 15) is 9.59 Å². The fourth-order valence-electron chi connectivity index (χ4n) is 0.827. The SMILES string of the molecule is CCNC(=O)CNC(=O)C(C)C(C)N. The minimum atomic E-state index is -0.274. The van der Waals surface area contributed by atoms with Gasteiger partial charge in [0.2, 0.25) is 11.8 Å². The maximum absolute atomic E-state index is 11.3. The third kappa shape index (κ3) is 4.81. The van der Waals surface area contributed by atoms with Crippen LogP contribution in [0, 0.1) is 5.92 Å². The lowest BCUT2D eigenvalue weighted by Crippen LogP contribution is -2.43. The van der Waals surface area contributed by atoms with Gasteiger partial charge in [-0.15, -0.1) is 0 Å². The van der Waals surface area contributed by atoms with Gasteiger partial charge < -0.3 is 16.4 Å². The van der Waals surface area contributed by atoms with Crippen LogP contribution in [0.3, 0.4) is 0 Å². The first-order chi connectivity index (χ1) is 6.49. The first kappa shape index (κ1) is 12.9. The molecule has 0 saturated carbocycles. The Hall–Kier alpha value is -1.10. The van der Waals surface area contributed by atoms with E-state index in [0.29, 0.717) is 6.54 Å². The van der Waals surface area contributed by atoms with Crippen molar-refractivity contribution in [2.45, 2.75) is 26.8 Å². The molecule has 0 aromatic heterocycles. The molecule has 2 amide bonds. The smallest absolute Gasteiger partial charge is 0.239 e. The minimum Gasteiger partial charge on any atom is -0.355 e. The molecule has 5 heteroatoms. The largest absolute Gasteiger partial charge is 0.355 e. The number of amides is 2. The quantitative estimate of drug-likeness (QED) is 0.545. The van der Waals surface area contributed by atoms with Crippen LogP contribution in [-0.4, -0.2) is 30.9 Å². The average molecular weight is 201 g/mol. The molecule has 0 radical (unpaired) electrons. The first-order valence-corrected chi connectivity index (χ1v) is 4.79. The number of likely N-dealkylation sites (N-methyl/N-ethyl adjacent to an activating group) is 1. The van der Waals surface area contributed by atoms with Crippen molar-refractivity contribution in [3.63, 3.8) is 0 Å². The summed E-state index contributed by atoms with van der Waals surface area (Å²) in [5.41, 5.74) is 5.54. The molecule has 0 saturated heterocycles. The van der Waals surface area contributed by atoms with Gasteiger partial charge in [0.15, 0.2) is 0 Å². The van der Waals surface area contributed by atoms with Crippen LogP contribution < -0.4 is 16.4 Å². The van der Waals surface area contributed by atoms with E-state index in [2.05, 4.69) is 10.6 Å². The molecule has 2 atom stereocenters. The van der Waals surface area contributed by atoms with Crippen molar-refractivity contribution in [1.82, 2.24) is 10.6 Å². The van der Waals surface area contributed by atoms with Crippen molar-refractivity contribution >= 4 is 11.8 Å². The number of nitrogens with two attached hydrogens (primary N) is 1. The van der Waals surface area contributed by atoms with Crippen molar-refractivity contribution in [3.05, 3.63) is 0 Å². The number of hydrogen-bond acceptors (Lipinski definition) is 3. The Kier molecular flexibility index (Phi) is 5.87. The maximum Gasteiger partial charge on any atom is 0.239 e. The second-order valence-corrected chi connectivity index (χ2v) is 3.32. The maximum atomic E-state index is 11.3. The fraction of sp³-hybridized carbons (Fsp3) is 0.778. The van der Waals surface area contributed by atoms with Crippen molar-refractivity contribution in [1.29, 1.82) is 0 Å². The molecule has 4 N–H and O–H groups in total. The van der Waals surface area contributed by atoms with E-state index in [1.165, 1.54) is 0 Å². The minimum absolute atomic E-state index is 0.0176. The molecular formula is C9H19N3O2. The number of carbonyl (C=O) groups is 2. The number of hydrogen-bond donors (Lipinski definition) is 3. The van der Waals surface area contributed by atoms with Crippen LogP contribution in [0.2, 0.25) is 0 Å². The monoisotopic (exact) mass is 201 g/mol. The topological polar surface area (TPSA) is 84.2 Å². The van der Waals surface area contributed by atoms with Gasteiger partial charge in [-0.1, -0.05) is 6.92 Å². The zero-order valence-corrected chi connectivity index (χ0v) is 8.96. The Morgan fingerprint density at radius 2 is 1.86 bits per heavy atom. The summed E-state index contributed by atoms with van der Waals surface area (Å²) in [5.74, 6) is -0.645. The van der Waals surface area contributed by atoms with Gasteiger partial charge in [-0.05, 0) is 13.8 Å². The summed E-state index contributed by atoms with van der Waals surface area (Å²) in [6, 6.07) is -0.204. The number of carbonyl (C=O) groups excluding carboxylic acids is 2. The summed E-state index contributed by atoms with van der Waals surface area (Å²) in [5, 5.41) is 5.10. The summed E-state index contributed by atoms with van der Waals surface area (Å²) in [7, 11) is 0. The van der Waals surface area contributed by atoms with Crippen molar-refractivity contribution in [2.24, 2.45) is 11.7 Å². The molecular weight excluding hydrogens is 182 g/mol. The second kappa shape index (κ2) is 6.37. The molecule has 0 aromatic rings. The highest BCUT2D eigenvalue weighted by Crippen LogP contribution is 1.98. The zero-order valence-electron chi connectivity index (χ0n) is 8.96. The highest BCUT2D eigenvalue weighted by Gasteiger charge is 2.16. The van der Waals surface area contributed by atoms with Crippen LogP contribution in [0.4, 0.5) is 0 Å². The fourth-order valence-corrected chi connectivity index (χ4v) is 0.827. The normalized spacial score (nSPS) is 14.3. The van der Waals surface area contributed by atoms with E-state index in [1.54, 1.807) is 13.8 Å². The van der Waals surface area contributed by atoms with E-state index in [-0.39, 0.29) is 30.3 Å². The first-order valence-electron chi connectivity index (χ1n) is 4.79. The molecule has 0 heterocycles. The van der Waals surface area contributed by atoms with E-state index < -0.39 is 0 Å². The van der Waals surface area contributed by atoms with Gasteiger partial charge in [0.1, 0.15) is 0 Å². The van der Waals surface area contributed by atoms with Crippen LogP contribution in [-0.2, 0) is 9.59 Å². The van der Waals surface area contributed by atoms with Gasteiger partial charge in [0.05, 0.1) is 6.54 Å². The predicted molar refractivity (Wildman–Crippen MR) is 54.5 cm³/mol. The zero-order chi connectivity index (χ0) is 11.1. The van der Waals surface area contributed by atoms with E-state index >= 15 is 0 Å². The Bertz CT molecular complexity index is 204.